The zero-order valence-corrected chi connectivity index (χ0v) is 12.8. The number of nitrogens with zero attached hydrogens (tertiary/aromatic N) is 3. The predicted octanol–water partition coefficient (Wildman–Crippen LogP) is 3.18. The Morgan fingerprint density at radius 2 is 2.14 bits per heavy atom. The molecule has 0 aliphatic heterocycles. The SMILES string of the molecule is OCCCc1c[nH]c2ncc3nc(C4CCCCC4)cn3c12. The van der Waals surface area contributed by atoms with E-state index in [9.17, 15) is 0 Å². The minimum atomic E-state index is 0.216. The Labute approximate surface area is 129 Å². The van der Waals surface area contributed by atoms with E-state index in [-0.39, 0.29) is 6.61 Å². The molecule has 0 amide bonds. The van der Waals surface area contributed by atoms with E-state index >= 15 is 0 Å². The molecule has 0 radical (unpaired) electrons. The molecule has 1 fully saturated rings. The van der Waals surface area contributed by atoms with Crippen molar-refractivity contribution in [2.24, 2.45) is 0 Å². The molecule has 0 spiro atoms. The van der Waals surface area contributed by atoms with Gasteiger partial charge in [-0.3, -0.25) is 4.40 Å². The fraction of sp³-hybridized carbons (Fsp3) is 0.529. The van der Waals surface area contributed by atoms with Gasteiger partial charge in [0.1, 0.15) is 0 Å². The average molecular weight is 298 g/mol. The maximum Gasteiger partial charge on any atom is 0.156 e. The van der Waals surface area contributed by atoms with Gasteiger partial charge in [-0.2, -0.15) is 0 Å². The van der Waals surface area contributed by atoms with Crippen LogP contribution in [0.2, 0.25) is 0 Å². The Kier molecular flexibility index (Phi) is 3.58. The van der Waals surface area contributed by atoms with E-state index in [0.717, 1.165) is 29.7 Å². The number of aliphatic hydroxyl groups excluding tert-OH is 1. The van der Waals surface area contributed by atoms with Crippen molar-refractivity contribution >= 4 is 16.8 Å². The normalized spacial score (nSPS) is 16.8. The second kappa shape index (κ2) is 5.72. The number of hydrogen-bond donors (Lipinski definition) is 2. The molecule has 116 valence electrons. The van der Waals surface area contributed by atoms with Crippen LogP contribution in [-0.4, -0.2) is 31.1 Å². The van der Waals surface area contributed by atoms with Gasteiger partial charge in [0.25, 0.3) is 0 Å². The van der Waals surface area contributed by atoms with Crippen molar-refractivity contribution < 1.29 is 5.11 Å². The zero-order chi connectivity index (χ0) is 14.9. The van der Waals surface area contributed by atoms with Gasteiger partial charge in [-0.1, -0.05) is 19.3 Å². The molecule has 0 bridgehead atoms. The van der Waals surface area contributed by atoms with Crippen molar-refractivity contribution in [3.8, 4) is 0 Å². The number of fused-ring (bicyclic) bond motifs is 3. The molecule has 2 N–H and O–H groups in total. The first-order chi connectivity index (χ1) is 10.9. The highest BCUT2D eigenvalue weighted by Gasteiger charge is 2.19. The molecule has 4 rings (SSSR count). The molecule has 5 heteroatoms. The molecule has 0 atom stereocenters. The summed E-state index contributed by atoms with van der Waals surface area (Å²) >= 11 is 0. The van der Waals surface area contributed by atoms with Crippen LogP contribution in [0.5, 0.6) is 0 Å². The van der Waals surface area contributed by atoms with Gasteiger partial charge in [0.15, 0.2) is 11.3 Å². The number of H-pyrrole nitrogens is 1. The molecule has 22 heavy (non-hydrogen) atoms. The average Bonchev–Trinajstić information content (AvgIpc) is 3.17. The number of hydrogen-bond acceptors (Lipinski definition) is 3. The number of aromatic nitrogens is 4. The molecule has 5 nitrogen and oxygen atoms in total. The highest BCUT2D eigenvalue weighted by molar-refractivity contribution is 5.78. The molecule has 1 aliphatic carbocycles. The van der Waals surface area contributed by atoms with E-state index in [4.69, 9.17) is 10.1 Å². The molecule has 3 heterocycles. The van der Waals surface area contributed by atoms with Crippen molar-refractivity contribution in [2.45, 2.75) is 50.9 Å². The van der Waals surface area contributed by atoms with Crippen LogP contribution in [0.4, 0.5) is 0 Å². The second-order valence-electron chi connectivity index (χ2n) is 6.33. The number of imidazole rings is 1. The lowest BCUT2D eigenvalue weighted by molar-refractivity contribution is 0.288. The second-order valence-corrected chi connectivity index (χ2v) is 6.33. The van der Waals surface area contributed by atoms with E-state index in [0.29, 0.717) is 5.92 Å². The third-order valence-electron chi connectivity index (χ3n) is 4.84. The summed E-state index contributed by atoms with van der Waals surface area (Å²) in [5.74, 6) is 0.600. The van der Waals surface area contributed by atoms with Crippen LogP contribution in [0.1, 0.15) is 55.7 Å². The summed E-state index contributed by atoms with van der Waals surface area (Å²) in [6.45, 7) is 0.216. The first-order valence-corrected chi connectivity index (χ1v) is 8.31. The van der Waals surface area contributed by atoms with Gasteiger partial charge < -0.3 is 10.1 Å². The Morgan fingerprint density at radius 3 is 2.95 bits per heavy atom. The van der Waals surface area contributed by atoms with Crippen LogP contribution in [0.25, 0.3) is 16.8 Å². The summed E-state index contributed by atoms with van der Waals surface area (Å²) in [6, 6.07) is 0. The van der Waals surface area contributed by atoms with E-state index < -0.39 is 0 Å². The molecule has 0 aromatic carbocycles. The lowest BCUT2D eigenvalue weighted by Gasteiger charge is -2.19. The molecule has 3 aromatic rings. The molecule has 0 saturated heterocycles. The third-order valence-corrected chi connectivity index (χ3v) is 4.84. The van der Waals surface area contributed by atoms with Crippen LogP contribution >= 0.6 is 0 Å². The Bertz CT molecular complexity index is 783. The number of rotatable bonds is 4. The van der Waals surface area contributed by atoms with E-state index in [2.05, 4.69) is 20.6 Å². The monoisotopic (exact) mass is 298 g/mol. The highest BCUT2D eigenvalue weighted by Crippen LogP contribution is 2.32. The minimum Gasteiger partial charge on any atom is -0.396 e. The zero-order valence-electron chi connectivity index (χ0n) is 12.8. The van der Waals surface area contributed by atoms with Crippen LogP contribution in [0.3, 0.4) is 0 Å². The number of aromatic amines is 1. The minimum absolute atomic E-state index is 0.216. The number of aliphatic hydroxyl groups is 1. The third kappa shape index (κ3) is 2.29. The number of nitrogens with one attached hydrogen (secondary N) is 1. The van der Waals surface area contributed by atoms with Crippen LogP contribution in [0.15, 0.2) is 18.6 Å². The van der Waals surface area contributed by atoms with Crippen LogP contribution < -0.4 is 0 Å². The van der Waals surface area contributed by atoms with E-state index in [1.165, 1.54) is 43.4 Å². The maximum atomic E-state index is 9.08. The lowest BCUT2D eigenvalue weighted by atomic mass is 9.87. The van der Waals surface area contributed by atoms with E-state index in [1.807, 2.05) is 12.4 Å². The molecule has 3 aromatic heterocycles. The van der Waals surface area contributed by atoms with Gasteiger partial charge in [0.05, 0.1) is 17.4 Å². The maximum absolute atomic E-state index is 9.08. The Morgan fingerprint density at radius 1 is 1.27 bits per heavy atom. The summed E-state index contributed by atoms with van der Waals surface area (Å²) in [5, 5.41) is 9.08. The predicted molar refractivity (Wildman–Crippen MR) is 86.1 cm³/mol. The summed E-state index contributed by atoms with van der Waals surface area (Å²) in [5.41, 5.74) is 5.35. The molecule has 1 saturated carbocycles. The van der Waals surface area contributed by atoms with E-state index in [1.54, 1.807) is 0 Å². The van der Waals surface area contributed by atoms with Gasteiger partial charge in [-0.25, -0.2) is 9.97 Å². The molecular formula is C17H22N4O. The standard InChI is InChI=1S/C17H22N4O/c22-8-4-7-13-9-18-17-16(13)21-11-14(20-15(21)10-19-17)12-5-2-1-3-6-12/h9-12,18,22H,1-8H2. The highest BCUT2D eigenvalue weighted by atomic mass is 16.2. The summed E-state index contributed by atoms with van der Waals surface area (Å²) in [7, 11) is 0. The first kappa shape index (κ1) is 13.8. The van der Waals surface area contributed by atoms with Crippen molar-refractivity contribution in [1.29, 1.82) is 0 Å². The Hall–Kier alpha value is -1.88. The molecule has 0 unspecified atom stereocenters. The summed E-state index contributed by atoms with van der Waals surface area (Å²) in [6.07, 6.45) is 14.2. The van der Waals surface area contributed by atoms with Crippen LogP contribution in [0, 0.1) is 0 Å². The largest absolute Gasteiger partial charge is 0.396 e. The van der Waals surface area contributed by atoms with Gasteiger partial charge >= 0.3 is 0 Å². The van der Waals surface area contributed by atoms with Crippen LogP contribution in [-0.2, 0) is 6.42 Å². The van der Waals surface area contributed by atoms with Gasteiger partial charge in [-0.15, -0.1) is 0 Å². The smallest absolute Gasteiger partial charge is 0.156 e. The van der Waals surface area contributed by atoms with Gasteiger partial charge in [0.2, 0.25) is 0 Å². The summed E-state index contributed by atoms with van der Waals surface area (Å²) < 4.78 is 2.18. The first-order valence-electron chi connectivity index (χ1n) is 8.31. The summed E-state index contributed by atoms with van der Waals surface area (Å²) in [4.78, 5) is 12.6. The topological polar surface area (TPSA) is 66.2 Å². The van der Waals surface area contributed by atoms with Crippen molar-refractivity contribution in [1.82, 2.24) is 19.4 Å². The fourth-order valence-electron chi connectivity index (χ4n) is 3.67. The fourth-order valence-corrected chi connectivity index (χ4v) is 3.67. The van der Waals surface area contributed by atoms with Crippen molar-refractivity contribution in [2.75, 3.05) is 6.61 Å². The molecular weight excluding hydrogens is 276 g/mol. The quantitative estimate of drug-likeness (QED) is 0.777. The van der Waals surface area contributed by atoms with Crippen molar-refractivity contribution in [3.05, 3.63) is 29.8 Å². The van der Waals surface area contributed by atoms with Crippen molar-refractivity contribution in [3.63, 3.8) is 0 Å². The lowest BCUT2D eigenvalue weighted by Crippen LogP contribution is -2.04. The van der Waals surface area contributed by atoms with Gasteiger partial charge in [-0.05, 0) is 31.2 Å². The Balaban J connectivity index is 1.80. The number of aryl methyl sites for hydroxylation is 1. The molecule has 1 aliphatic rings. The van der Waals surface area contributed by atoms with Gasteiger partial charge in [0, 0.05) is 24.9 Å².